The molecule has 0 aliphatic rings. The van der Waals surface area contributed by atoms with E-state index in [2.05, 4.69) is 0 Å². The van der Waals surface area contributed by atoms with Crippen LogP contribution in [0, 0.1) is 0 Å². The summed E-state index contributed by atoms with van der Waals surface area (Å²) in [5, 5.41) is 0. The minimum Gasteiger partial charge on any atom is -0.368 e. The summed E-state index contributed by atoms with van der Waals surface area (Å²) < 4.78 is -0.660. The number of hydrogen-bond donors (Lipinski definition) is 1. The number of hydrogen-bond acceptors (Lipinski definition) is 2. The van der Waals surface area contributed by atoms with Crippen LogP contribution in [-0.2, 0) is 9.59 Å². The third-order valence-corrected chi connectivity index (χ3v) is 2.10. The molecule has 8 heavy (non-hydrogen) atoms. The normalized spacial score (nSPS) is 12.8. The molecular formula is C4H6INO2. The SMILES string of the molecule is CC(=O)C(I)C(N)=O. The molecule has 0 rings (SSSR count). The highest BCUT2D eigenvalue weighted by molar-refractivity contribution is 14.1. The van der Waals surface area contributed by atoms with E-state index in [9.17, 15) is 9.59 Å². The van der Waals surface area contributed by atoms with Gasteiger partial charge in [0, 0.05) is 0 Å². The highest BCUT2D eigenvalue weighted by Crippen LogP contribution is 1.98. The quantitative estimate of drug-likeness (QED) is 0.405. The van der Waals surface area contributed by atoms with Crippen molar-refractivity contribution in [1.29, 1.82) is 0 Å². The minimum atomic E-state index is -0.660. The lowest BCUT2D eigenvalue weighted by Crippen LogP contribution is -2.28. The van der Waals surface area contributed by atoms with Gasteiger partial charge in [-0.1, -0.05) is 22.6 Å². The van der Waals surface area contributed by atoms with Gasteiger partial charge in [0.05, 0.1) is 0 Å². The molecule has 1 atom stereocenters. The van der Waals surface area contributed by atoms with E-state index in [4.69, 9.17) is 5.73 Å². The van der Waals surface area contributed by atoms with Crippen molar-refractivity contribution >= 4 is 34.3 Å². The van der Waals surface area contributed by atoms with Crippen molar-refractivity contribution in [2.45, 2.75) is 10.8 Å². The van der Waals surface area contributed by atoms with E-state index >= 15 is 0 Å². The molecule has 4 heteroatoms. The number of carbonyl (C=O) groups excluding carboxylic acids is 2. The van der Waals surface area contributed by atoms with Gasteiger partial charge >= 0.3 is 0 Å². The summed E-state index contributed by atoms with van der Waals surface area (Å²) in [6.45, 7) is 1.34. The van der Waals surface area contributed by atoms with Gasteiger partial charge in [-0.3, -0.25) is 9.59 Å². The van der Waals surface area contributed by atoms with Crippen molar-refractivity contribution < 1.29 is 9.59 Å². The zero-order valence-corrected chi connectivity index (χ0v) is 6.51. The van der Waals surface area contributed by atoms with Crippen LogP contribution in [0.2, 0.25) is 0 Å². The summed E-state index contributed by atoms with van der Waals surface area (Å²) in [5.41, 5.74) is 4.77. The van der Waals surface area contributed by atoms with Gasteiger partial charge in [0.2, 0.25) is 5.91 Å². The monoisotopic (exact) mass is 227 g/mol. The standard InChI is InChI=1S/C4H6INO2/c1-2(7)3(5)4(6)8/h3H,1H3,(H2,6,8). The zero-order valence-electron chi connectivity index (χ0n) is 4.35. The fourth-order valence-electron chi connectivity index (χ4n) is 0.200. The number of ketones is 1. The fourth-order valence-corrected chi connectivity index (χ4v) is 0.200. The van der Waals surface area contributed by atoms with Gasteiger partial charge in [0.1, 0.15) is 3.92 Å². The molecule has 0 spiro atoms. The summed E-state index contributed by atoms with van der Waals surface area (Å²) in [5.74, 6) is -0.767. The number of rotatable bonds is 2. The molecule has 1 amide bonds. The number of nitrogens with two attached hydrogens (primary N) is 1. The summed E-state index contributed by atoms with van der Waals surface area (Å²) >= 11 is 1.70. The van der Waals surface area contributed by atoms with E-state index in [0.29, 0.717) is 0 Å². The van der Waals surface area contributed by atoms with E-state index in [-0.39, 0.29) is 5.78 Å². The van der Waals surface area contributed by atoms with Crippen molar-refractivity contribution in [2.75, 3.05) is 0 Å². The van der Waals surface area contributed by atoms with E-state index in [1.54, 1.807) is 22.6 Å². The van der Waals surface area contributed by atoms with Crippen LogP contribution < -0.4 is 5.73 Å². The molecule has 2 N–H and O–H groups in total. The average Bonchev–Trinajstić information content (AvgIpc) is 1.64. The number of primary amides is 1. The molecule has 0 radical (unpaired) electrons. The van der Waals surface area contributed by atoms with Crippen LogP contribution in [0.25, 0.3) is 0 Å². The highest BCUT2D eigenvalue weighted by atomic mass is 127. The Morgan fingerprint density at radius 1 is 1.62 bits per heavy atom. The third-order valence-electron chi connectivity index (χ3n) is 0.607. The van der Waals surface area contributed by atoms with E-state index < -0.39 is 9.83 Å². The van der Waals surface area contributed by atoms with Crippen molar-refractivity contribution in [3.63, 3.8) is 0 Å². The zero-order chi connectivity index (χ0) is 6.73. The molecule has 0 bridgehead atoms. The molecule has 3 nitrogen and oxygen atoms in total. The van der Waals surface area contributed by atoms with Crippen molar-refractivity contribution in [2.24, 2.45) is 5.73 Å². The maximum Gasteiger partial charge on any atom is 0.237 e. The van der Waals surface area contributed by atoms with Crippen molar-refractivity contribution in [3.8, 4) is 0 Å². The lowest BCUT2D eigenvalue weighted by atomic mass is 10.3. The molecule has 0 aromatic rings. The topological polar surface area (TPSA) is 60.2 Å². The molecule has 0 aliphatic heterocycles. The van der Waals surface area contributed by atoms with Crippen LogP contribution in [0.4, 0.5) is 0 Å². The molecular weight excluding hydrogens is 221 g/mol. The van der Waals surface area contributed by atoms with Gasteiger partial charge in [0.15, 0.2) is 5.78 Å². The van der Waals surface area contributed by atoms with Crippen LogP contribution in [-0.4, -0.2) is 15.6 Å². The van der Waals surface area contributed by atoms with Crippen molar-refractivity contribution in [3.05, 3.63) is 0 Å². The summed E-state index contributed by atoms with van der Waals surface area (Å²) in [6, 6.07) is 0. The Bertz CT molecular complexity index is 109. The first-order valence-electron chi connectivity index (χ1n) is 1.99. The van der Waals surface area contributed by atoms with E-state index in [1.807, 2.05) is 0 Å². The molecule has 0 fully saturated rings. The van der Waals surface area contributed by atoms with Crippen molar-refractivity contribution in [1.82, 2.24) is 0 Å². The van der Waals surface area contributed by atoms with Gasteiger partial charge in [-0.15, -0.1) is 0 Å². The fraction of sp³-hybridized carbons (Fsp3) is 0.500. The largest absolute Gasteiger partial charge is 0.368 e. The summed E-state index contributed by atoms with van der Waals surface area (Å²) in [4.78, 5) is 20.4. The number of amides is 1. The van der Waals surface area contributed by atoms with Crippen LogP contribution in [0.1, 0.15) is 6.92 Å². The lowest BCUT2D eigenvalue weighted by Gasteiger charge is -1.95. The van der Waals surface area contributed by atoms with Gasteiger partial charge in [-0.25, -0.2) is 0 Å². The lowest BCUT2D eigenvalue weighted by molar-refractivity contribution is -0.123. The maximum absolute atomic E-state index is 10.3. The summed E-state index contributed by atoms with van der Waals surface area (Å²) in [7, 11) is 0. The minimum absolute atomic E-state index is 0.196. The number of alkyl halides is 1. The summed E-state index contributed by atoms with van der Waals surface area (Å²) in [6.07, 6.45) is 0. The van der Waals surface area contributed by atoms with E-state index in [1.165, 1.54) is 6.92 Å². The number of Topliss-reactive ketones (excluding diaryl/α,β-unsaturated/α-hetero) is 1. The molecule has 0 aliphatic carbocycles. The van der Waals surface area contributed by atoms with Crippen LogP contribution >= 0.6 is 22.6 Å². The van der Waals surface area contributed by atoms with Gasteiger partial charge in [-0.05, 0) is 6.92 Å². The van der Waals surface area contributed by atoms with Crippen LogP contribution in [0.3, 0.4) is 0 Å². The highest BCUT2D eigenvalue weighted by Gasteiger charge is 2.14. The predicted molar refractivity (Wildman–Crippen MR) is 37.7 cm³/mol. The molecule has 1 unspecified atom stereocenters. The second-order valence-electron chi connectivity index (χ2n) is 1.38. The Morgan fingerprint density at radius 2 is 2.00 bits per heavy atom. The Labute approximate surface area is 60.8 Å². The Morgan fingerprint density at radius 3 is 2.00 bits per heavy atom. The van der Waals surface area contributed by atoms with Crippen LogP contribution in [0.15, 0.2) is 0 Å². The molecule has 46 valence electrons. The predicted octanol–water partition coefficient (Wildman–Crippen LogP) is -0.136. The van der Waals surface area contributed by atoms with Crippen LogP contribution in [0.5, 0.6) is 0 Å². The third kappa shape index (κ3) is 2.25. The van der Waals surface area contributed by atoms with E-state index in [0.717, 1.165) is 0 Å². The Kier molecular flexibility index (Phi) is 2.96. The number of carbonyl (C=O) groups is 2. The first kappa shape index (κ1) is 7.87. The molecule has 0 heterocycles. The van der Waals surface area contributed by atoms with Gasteiger partial charge < -0.3 is 5.73 Å². The Hall–Kier alpha value is -0.130. The first-order chi connectivity index (χ1) is 3.55. The average molecular weight is 227 g/mol. The second kappa shape index (κ2) is 3.01. The van der Waals surface area contributed by atoms with Gasteiger partial charge in [0.25, 0.3) is 0 Å². The number of halogens is 1. The second-order valence-corrected chi connectivity index (χ2v) is 2.62. The first-order valence-corrected chi connectivity index (χ1v) is 3.24. The molecule has 0 aromatic heterocycles. The Balaban J connectivity index is 3.83. The molecule has 0 aromatic carbocycles. The maximum atomic E-state index is 10.3. The smallest absolute Gasteiger partial charge is 0.237 e. The van der Waals surface area contributed by atoms with Gasteiger partial charge in [-0.2, -0.15) is 0 Å². The molecule has 0 saturated carbocycles. The molecule has 0 saturated heterocycles.